The van der Waals surface area contributed by atoms with E-state index in [0.29, 0.717) is 11.5 Å². The first-order valence-corrected chi connectivity index (χ1v) is 7.34. The molecule has 1 aliphatic carbocycles. The molecule has 2 aromatic carbocycles. The van der Waals surface area contributed by atoms with Gasteiger partial charge in [-0.15, -0.1) is 0 Å². The predicted molar refractivity (Wildman–Crippen MR) is 82.2 cm³/mol. The first-order valence-electron chi connectivity index (χ1n) is 7.34. The first-order chi connectivity index (χ1) is 9.14. The normalized spacial score (nSPS) is 21.9. The van der Waals surface area contributed by atoms with Crippen LogP contribution in [-0.4, -0.2) is 6.04 Å². The number of nitrogens with one attached hydrogen (secondary N) is 1. The van der Waals surface area contributed by atoms with Gasteiger partial charge in [0.2, 0.25) is 0 Å². The minimum atomic E-state index is 0.524. The van der Waals surface area contributed by atoms with E-state index in [4.69, 9.17) is 0 Å². The molecule has 1 atom stereocenters. The number of hydrogen-bond donors (Lipinski definition) is 1. The number of rotatable bonds is 3. The van der Waals surface area contributed by atoms with Gasteiger partial charge in [0.15, 0.2) is 0 Å². The van der Waals surface area contributed by atoms with Crippen LogP contribution in [0.5, 0.6) is 0 Å². The van der Waals surface area contributed by atoms with Crippen LogP contribution in [0.4, 0.5) is 0 Å². The molecule has 0 bridgehead atoms. The fraction of sp³-hybridized carbons (Fsp3) is 0.444. The molecule has 1 nitrogen and oxygen atoms in total. The van der Waals surface area contributed by atoms with Gasteiger partial charge in [0.1, 0.15) is 0 Å². The van der Waals surface area contributed by atoms with Crippen molar-refractivity contribution in [3.05, 3.63) is 48.0 Å². The molecule has 0 spiro atoms. The molecule has 1 aliphatic rings. The van der Waals surface area contributed by atoms with Gasteiger partial charge < -0.3 is 5.32 Å². The van der Waals surface area contributed by atoms with Crippen molar-refractivity contribution in [3.8, 4) is 0 Å². The van der Waals surface area contributed by atoms with Crippen LogP contribution >= 0.6 is 0 Å². The van der Waals surface area contributed by atoms with E-state index in [1.807, 2.05) is 0 Å². The molecule has 1 unspecified atom stereocenters. The van der Waals surface area contributed by atoms with Crippen molar-refractivity contribution in [2.24, 2.45) is 5.41 Å². The van der Waals surface area contributed by atoms with E-state index in [0.717, 1.165) is 6.54 Å². The van der Waals surface area contributed by atoms with Gasteiger partial charge in [-0.2, -0.15) is 0 Å². The topological polar surface area (TPSA) is 12.0 Å². The first kappa shape index (κ1) is 12.7. The summed E-state index contributed by atoms with van der Waals surface area (Å²) in [6.07, 6.45) is 3.97. The molecular weight excluding hydrogens is 230 g/mol. The van der Waals surface area contributed by atoms with Gasteiger partial charge in [0.05, 0.1) is 0 Å². The van der Waals surface area contributed by atoms with Gasteiger partial charge in [-0.1, -0.05) is 56.3 Å². The average molecular weight is 253 g/mol. The predicted octanol–water partition coefficient (Wildman–Crippen LogP) is 4.51. The SMILES string of the molecule is CC1(C)CCC(NCc2cccc3ccccc23)C1. The van der Waals surface area contributed by atoms with E-state index in [9.17, 15) is 0 Å². The van der Waals surface area contributed by atoms with Gasteiger partial charge in [-0.25, -0.2) is 0 Å². The molecule has 0 aromatic heterocycles. The minimum Gasteiger partial charge on any atom is -0.310 e. The summed E-state index contributed by atoms with van der Waals surface area (Å²) in [5.41, 5.74) is 1.94. The Hall–Kier alpha value is -1.34. The molecule has 0 aliphatic heterocycles. The van der Waals surface area contributed by atoms with E-state index >= 15 is 0 Å². The molecule has 0 radical (unpaired) electrons. The van der Waals surface area contributed by atoms with E-state index in [1.165, 1.54) is 35.6 Å². The fourth-order valence-corrected chi connectivity index (χ4v) is 3.31. The molecule has 1 heteroatoms. The second kappa shape index (κ2) is 4.97. The minimum absolute atomic E-state index is 0.524. The lowest BCUT2D eigenvalue weighted by Crippen LogP contribution is -2.26. The second-order valence-electron chi connectivity index (χ2n) is 6.62. The highest BCUT2D eigenvalue weighted by Crippen LogP contribution is 2.37. The summed E-state index contributed by atoms with van der Waals surface area (Å²) in [4.78, 5) is 0. The van der Waals surface area contributed by atoms with Gasteiger partial charge in [-0.05, 0) is 41.0 Å². The van der Waals surface area contributed by atoms with Gasteiger partial charge in [-0.3, -0.25) is 0 Å². The smallest absolute Gasteiger partial charge is 0.0214 e. The summed E-state index contributed by atoms with van der Waals surface area (Å²) in [7, 11) is 0. The summed E-state index contributed by atoms with van der Waals surface area (Å²) < 4.78 is 0. The molecule has 1 fully saturated rings. The molecule has 0 heterocycles. The van der Waals surface area contributed by atoms with Crippen molar-refractivity contribution in [1.82, 2.24) is 5.32 Å². The Morgan fingerprint density at radius 2 is 1.89 bits per heavy atom. The Morgan fingerprint density at radius 3 is 2.68 bits per heavy atom. The van der Waals surface area contributed by atoms with Crippen molar-refractivity contribution in [2.75, 3.05) is 0 Å². The lowest BCUT2D eigenvalue weighted by atomic mass is 9.92. The van der Waals surface area contributed by atoms with Crippen LogP contribution in [0.2, 0.25) is 0 Å². The quantitative estimate of drug-likeness (QED) is 0.848. The zero-order chi connectivity index (χ0) is 13.3. The third kappa shape index (κ3) is 2.82. The van der Waals surface area contributed by atoms with Gasteiger partial charge in [0, 0.05) is 12.6 Å². The maximum absolute atomic E-state index is 3.75. The molecule has 2 aromatic rings. The molecule has 0 amide bonds. The van der Waals surface area contributed by atoms with Crippen molar-refractivity contribution >= 4 is 10.8 Å². The van der Waals surface area contributed by atoms with Crippen LogP contribution in [0.25, 0.3) is 10.8 Å². The van der Waals surface area contributed by atoms with Crippen molar-refractivity contribution in [1.29, 1.82) is 0 Å². The largest absolute Gasteiger partial charge is 0.310 e. The molecule has 1 N–H and O–H groups in total. The molecule has 3 rings (SSSR count). The van der Waals surface area contributed by atoms with Crippen LogP contribution in [0.1, 0.15) is 38.7 Å². The number of hydrogen-bond acceptors (Lipinski definition) is 1. The Labute approximate surface area is 116 Å². The molecule has 0 saturated heterocycles. The van der Waals surface area contributed by atoms with E-state index < -0.39 is 0 Å². The second-order valence-corrected chi connectivity index (χ2v) is 6.62. The summed E-state index contributed by atoms with van der Waals surface area (Å²) in [5, 5.41) is 6.47. The van der Waals surface area contributed by atoms with Crippen LogP contribution in [0.3, 0.4) is 0 Å². The van der Waals surface area contributed by atoms with E-state index in [1.54, 1.807) is 0 Å². The Bertz CT molecular complexity index is 565. The van der Waals surface area contributed by atoms with E-state index in [-0.39, 0.29) is 0 Å². The summed E-state index contributed by atoms with van der Waals surface area (Å²) in [5.74, 6) is 0. The summed E-state index contributed by atoms with van der Waals surface area (Å²) in [6, 6.07) is 15.9. The lowest BCUT2D eigenvalue weighted by molar-refractivity contribution is 0.364. The standard InChI is InChI=1S/C18H23N/c1-18(2)11-10-16(12-18)19-13-15-8-5-7-14-6-3-4-9-17(14)15/h3-9,16,19H,10-13H2,1-2H3. The van der Waals surface area contributed by atoms with Crippen molar-refractivity contribution in [2.45, 2.75) is 45.7 Å². The maximum atomic E-state index is 3.75. The Morgan fingerprint density at radius 1 is 1.11 bits per heavy atom. The number of fused-ring (bicyclic) bond motifs is 1. The molecule has 100 valence electrons. The van der Waals surface area contributed by atoms with Crippen LogP contribution in [0, 0.1) is 5.41 Å². The summed E-state index contributed by atoms with van der Waals surface area (Å²) >= 11 is 0. The van der Waals surface area contributed by atoms with Crippen LogP contribution in [0.15, 0.2) is 42.5 Å². The molecule has 19 heavy (non-hydrogen) atoms. The Balaban J connectivity index is 1.72. The monoisotopic (exact) mass is 253 g/mol. The van der Waals surface area contributed by atoms with Gasteiger partial charge in [0.25, 0.3) is 0 Å². The van der Waals surface area contributed by atoms with Crippen LogP contribution in [-0.2, 0) is 6.54 Å². The lowest BCUT2D eigenvalue weighted by Gasteiger charge is -2.18. The molecular formula is C18H23N. The zero-order valence-corrected chi connectivity index (χ0v) is 11.9. The van der Waals surface area contributed by atoms with Crippen molar-refractivity contribution in [3.63, 3.8) is 0 Å². The maximum Gasteiger partial charge on any atom is 0.0214 e. The number of benzene rings is 2. The van der Waals surface area contributed by atoms with Crippen molar-refractivity contribution < 1.29 is 0 Å². The third-order valence-electron chi connectivity index (χ3n) is 4.43. The average Bonchev–Trinajstić information content (AvgIpc) is 2.76. The van der Waals surface area contributed by atoms with Gasteiger partial charge >= 0.3 is 0 Å². The van der Waals surface area contributed by atoms with Crippen LogP contribution < -0.4 is 5.32 Å². The highest BCUT2D eigenvalue weighted by atomic mass is 14.9. The Kier molecular flexibility index (Phi) is 3.32. The highest BCUT2D eigenvalue weighted by Gasteiger charge is 2.30. The fourth-order valence-electron chi connectivity index (χ4n) is 3.31. The third-order valence-corrected chi connectivity index (χ3v) is 4.43. The molecule has 1 saturated carbocycles. The highest BCUT2D eigenvalue weighted by molar-refractivity contribution is 5.85. The summed E-state index contributed by atoms with van der Waals surface area (Å²) in [6.45, 7) is 5.75. The zero-order valence-electron chi connectivity index (χ0n) is 11.9. The van der Waals surface area contributed by atoms with E-state index in [2.05, 4.69) is 61.6 Å².